The van der Waals surface area contributed by atoms with Gasteiger partial charge in [-0.3, -0.25) is 4.90 Å². The fourth-order valence-corrected chi connectivity index (χ4v) is 3.60. The Bertz CT molecular complexity index is 740. The van der Waals surface area contributed by atoms with Crippen molar-refractivity contribution in [2.75, 3.05) is 19.6 Å². The molecular weight excluding hydrogens is 318 g/mol. The Morgan fingerprint density at radius 2 is 2.17 bits per heavy atom. The summed E-state index contributed by atoms with van der Waals surface area (Å²) >= 11 is 5.98. The van der Waals surface area contributed by atoms with Gasteiger partial charge in [-0.1, -0.05) is 16.8 Å². The van der Waals surface area contributed by atoms with Gasteiger partial charge in [0.2, 0.25) is 0 Å². The largest absolute Gasteiger partial charge is 0.507 e. The second kappa shape index (κ2) is 5.70. The molecule has 2 aliphatic rings. The summed E-state index contributed by atoms with van der Waals surface area (Å²) in [4.78, 5) is 2.43. The van der Waals surface area contributed by atoms with Crippen molar-refractivity contribution in [3.05, 3.63) is 28.4 Å². The molecule has 1 fully saturated rings. The third-order valence-electron chi connectivity index (χ3n) is 4.73. The average molecular weight is 336 g/mol. The van der Waals surface area contributed by atoms with Crippen LogP contribution in [0, 0.1) is 0 Å². The average Bonchev–Trinajstić information content (AvgIpc) is 3.20. The van der Waals surface area contributed by atoms with Gasteiger partial charge in [-0.2, -0.15) is 0 Å². The summed E-state index contributed by atoms with van der Waals surface area (Å²) in [5.74, 6) is 0.320. The van der Waals surface area contributed by atoms with Crippen molar-refractivity contribution in [2.24, 2.45) is 0 Å². The van der Waals surface area contributed by atoms with Crippen LogP contribution in [0.15, 0.2) is 16.7 Å². The highest BCUT2D eigenvalue weighted by Crippen LogP contribution is 2.40. The standard InChI is InChI=1S/C16H18ClN3O3/c17-12-5-10(14(21)6-15(12)22)16-11-8-20(9-1-3-18-7-9)4-2-13(11)19-23-16/h5-6,9,18,21-22H,1-4,7-8H2. The van der Waals surface area contributed by atoms with E-state index in [-0.39, 0.29) is 16.5 Å². The summed E-state index contributed by atoms with van der Waals surface area (Å²) in [6.07, 6.45) is 1.98. The first-order chi connectivity index (χ1) is 11.1. The molecule has 1 saturated heterocycles. The molecule has 1 unspecified atom stereocenters. The van der Waals surface area contributed by atoms with E-state index in [2.05, 4.69) is 15.4 Å². The maximum atomic E-state index is 10.1. The maximum absolute atomic E-state index is 10.1. The molecule has 3 heterocycles. The Morgan fingerprint density at radius 3 is 2.96 bits per heavy atom. The summed E-state index contributed by atoms with van der Waals surface area (Å²) in [6, 6.07) is 3.28. The lowest BCUT2D eigenvalue weighted by Gasteiger charge is -2.31. The summed E-state index contributed by atoms with van der Waals surface area (Å²) in [5, 5.41) is 27.4. The number of aromatic hydroxyl groups is 2. The van der Waals surface area contributed by atoms with E-state index in [9.17, 15) is 10.2 Å². The molecule has 23 heavy (non-hydrogen) atoms. The molecule has 1 atom stereocenters. The number of hydrogen-bond acceptors (Lipinski definition) is 6. The molecule has 0 spiro atoms. The zero-order valence-corrected chi connectivity index (χ0v) is 13.3. The summed E-state index contributed by atoms with van der Waals surface area (Å²) < 4.78 is 5.50. The monoisotopic (exact) mass is 335 g/mol. The van der Waals surface area contributed by atoms with Gasteiger partial charge in [0.25, 0.3) is 0 Å². The van der Waals surface area contributed by atoms with Crippen LogP contribution in [0.3, 0.4) is 0 Å². The van der Waals surface area contributed by atoms with Gasteiger partial charge >= 0.3 is 0 Å². The molecule has 1 aromatic heterocycles. The molecule has 0 bridgehead atoms. The molecule has 3 N–H and O–H groups in total. The number of halogens is 1. The van der Waals surface area contributed by atoms with Crippen LogP contribution in [-0.2, 0) is 13.0 Å². The predicted octanol–water partition coefficient (Wildman–Crippen LogP) is 2.13. The Labute approximate surface area is 138 Å². The highest BCUT2D eigenvalue weighted by molar-refractivity contribution is 6.32. The molecule has 1 aromatic carbocycles. The van der Waals surface area contributed by atoms with Crippen LogP contribution in [0.1, 0.15) is 17.7 Å². The highest BCUT2D eigenvalue weighted by Gasteiger charge is 2.31. The van der Waals surface area contributed by atoms with E-state index in [1.165, 1.54) is 12.1 Å². The molecule has 0 radical (unpaired) electrons. The molecule has 0 saturated carbocycles. The van der Waals surface area contributed by atoms with Gasteiger partial charge in [-0.25, -0.2) is 0 Å². The number of rotatable bonds is 2. The number of benzene rings is 1. The zero-order valence-electron chi connectivity index (χ0n) is 12.5. The normalized spacial score (nSPS) is 21.5. The van der Waals surface area contributed by atoms with Gasteiger partial charge in [0.05, 0.1) is 16.3 Å². The van der Waals surface area contributed by atoms with Crippen molar-refractivity contribution in [2.45, 2.75) is 25.4 Å². The SMILES string of the molecule is Oc1cc(O)c(-c2onc3c2CN(C2CCNC2)CC3)cc1Cl. The quantitative estimate of drug-likeness (QED) is 0.780. The molecule has 122 valence electrons. The summed E-state index contributed by atoms with van der Waals surface area (Å²) in [5.41, 5.74) is 2.40. The molecule has 6 nitrogen and oxygen atoms in total. The lowest BCUT2D eigenvalue weighted by molar-refractivity contribution is 0.190. The number of aromatic nitrogens is 1. The first-order valence-electron chi connectivity index (χ1n) is 7.77. The van der Waals surface area contributed by atoms with Crippen LogP contribution in [0.2, 0.25) is 5.02 Å². The summed E-state index contributed by atoms with van der Waals surface area (Å²) in [7, 11) is 0. The van der Waals surface area contributed by atoms with E-state index in [0.29, 0.717) is 17.4 Å². The first kappa shape index (κ1) is 14.8. The van der Waals surface area contributed by atoms with Gasteiger partial charge in [0.15, 0.2) is 5.76 Å². The number of phenolic OH excluding ortho intramolecular Hbond substituents is 2. The minimum atomic E-state index is -0.153. The van der Waals surface area contributed by atoms with Gasteiger partial charge in [0, 0.05) is 43.7 Å². The third kappa shape index (κ3) is 2.56. The van der Waals surface area contributed by atoms with Gasteiger partial charge < -0.3 is 20.1 Å². The highest BCUT2D eigenvalue weighted by atomic mass is 35.5. The molecule has 2 aromatic rings. The van der Waals surface area contributed by atoms with Crippen LogP contribution in [0.5, 0.6) is 11.5 Å². The number of nitrogens with zero attached hydrogens (tertiary/aromatic N) is 2. The van der Waals surface area contributed by atoms with Crippen LogP contribution in [0.4, 0.5) is 0 Å². The molecule has 2 aliphatic heterocycles. The molecular formula is C16H18ClN3O3. The second-order valence-corrected chi connectivity index (χ2v) is 6.53. The van der Waals surface area contributed by atoms with E-state index in [0.717, 1.165) is 50.3 Å². The lowest BCUT2D eigenvalue weighted by Crippen LogP contribution is -2.40. The van der Waals surface area contributed by atoms with Crippen LogP contribution in [0.25, 0.3) is 11.3 Å². The smallest absolute Gasteiger partial charge is 0.175 e. The van der Waals surface area contributed by atoms with Crippen LogP contribution >= 0.6 is 11.6 Å². The van der Waals surface area contributed by atoms with E-state index in [1.807, 2.05) is 0 Å². The minimum Gasteiger partial charge on any atom is -0.507 e. The Balaban J connectivity index is 1.70. The van der Waals surface area contributed by atoms with Crippen molar-refractivity contribution in [3.8, 4) is 22.8 Å². The van der Waals surface area contributed by atoms with Gasteiger partial charge in [0.1, 0.15) is 11.5 Å². The minimum absolute atomic E-state index is 0.0643. The number of nitrogens with one attached hydrogen (secondary N) is 1. The van der Waals surface area contributed by atoms with E-state index in [4.69, 9.17) is 16.1 Å². The first-order valence-corrected chi connectivity index (χ1v) is 8.15. The van der Waals surface area contributed by atoms with Gasteiger partial charge in [-0.15, -0.1) is 0 Å². The molecule has 7 heteroatoms. The number of phenols is 2. The number of hydrogen-bond donors (Lipinski definition) is 3. The topological polar surface area (TPSA) is 81.8 Å². The Kier molecular flexibility index (Phi) is 3.67. The van der Waals surface area contributed by atoms with Crippen molar-refractivity contribution in [1.29, 1.82) is 0 Å². The predicted molar refractivity (Wildman–Crippen MR) is 85.7 cm³/mol. The molecule has 4 rings (SSSR count). The zero-order chi connectivity index (χ0) is 16.0. The van der Waals surface area contributed by atoms with Crippen molar-refractivity contribution in [3.63, 3.8) is 0 Å². The maximum Gasteiger partial charge on any atom is 0.175 e. The van der Waals surface area contributed by atoms with Gasteiger partial charge in [-0.05, 0) is 19.0 Å². The fourth-order valence-electron chi connectivity index (χ4n) is 3.44. The van der Waals surface area contributed by atoms with E-state index < -0.39 is 0 Å². The molecule has 0 amide bonds. The van der Waals surface area contributed by atoms with Crippen LogP contribution < -0.4 is 5.32 Å². The summed E-state index contributed by atoms with van der Waals surface area (Å²) in [6.45, 7) is 3.77. The molecule has 0 aliphatic carbocycles. The lowest BCUT2D eigenvalue weighted by atomic mass is 9.99. The third-order valence-corrected chi connectivity index (χ3v) is 5.03. The van der Waals surface area contributed by atoms with E-state index >= 15 is 0 Å². The van der Waals surface area contributed by atoms with E-state index in [1.54, 1.807) is 0 Å². The fraction of sp³-hybridized carbons (Fsp3) is 0.438. The number of fused-ring (bicyclic) bond motifs is 1. The Morgan fingerprint density at radius 1 is 1.30 bits per heavy atom. The van der Waals surface area contributed by atoms with Crippen molar-refractivity contribution in [1.82, 2.24) is 15.4 Å². The second-order valence-electron chi connectivity index (χ2n) is 6.12. The van der Waals surface area contributed by atoms with Crippen molar-refractivity contribution < 1.29 is 14.7 Å². The van der Waals surface area contributed by atoms with Crippen LogP contribution in [-0.4, -0.2) is 45.9 Å². The Hall–Kier alpha value is -1.76. The van der Waals surface area contributed by atoms with Crippen molar-refractivity contribution >= 4 is 11.6 Å².